The monoisotopic (exact) mass is 194 g/mol. The van der Waals surface area contributed by atoms with Gasteiger partial charge in [0.15, 0.2) is 0 Å². The molecule has 0 aromatic heterocycles. The Balaban J connectivity index is 4.05. The molecular formula is C9H19FO3. The maximum atomic E-state index is 12.0. The van der Waals surface area contributed by atoms with E-state index in [1.165, 1.54) is 0 Å². The molecule has 13 heavy (non-hydrogen) atoms. The Bertz CT molecular complexity index is 124. The number of aliphatic hydroxyl groups excluding tert-OH is 3. The number of halogens is 1. The standard InChI is InChI=1S/C9H19FO3/c1-9(2-4-11,3-5-12)6-8(13)7-10/h8,11-13H,2-7H2,1H3. The van der Waals surface area contributed by atoms with E-state index in [0.717, 1.165) is 0 Å². The largest absolute Gasteiger partial charge is 0.396 e. The lowest BCUT2D eigenvalue weighted by atomic mass is 9.79. The van der Waals surface area contributed by atoms with Gasteiger partial charge in [0, 0.05) is 13.2 Å². The molecule has 0 radical (unpaired) electrons. The van der Waals surface area contributed by atoms with Gasteiger partial charge in [-0.25, -0.2) is 4.39 Å². The maximum absolute atomic E-state index is 12.0. The number of hydrogen-bond donors (Lipinski definition) is 3. The third-order valence-corrected chi connectivity index (χ3v) is 2.34. The average Bonchev–Trinajstić information content (AvgIpc) is 2.04. The Morgan fingerprint density at radius 1 is 1.23 bits per heavy atom. The molecule has 4 heteroatoms. The smallest absolute Gasteiger partial charge is 0.115 e. The fraction of sp³-hybridized carbons (Fsp3) is 1.00. The molecule has 0 heterocycles. The summed E-state index contributed by atoms with van der Waals surface area (Å²) in [7, 11) is 0. The molecule has 1 unspecified atom stereocenters. The summed E-state index contributed by atoms with van der Waals surface area (Å²) >= 11 is 0. The van der Waals surface area contributed by atoms with Crippen molar-refractivity contribution in [3.05, 3.63) is 0 Å². The van der Waals surface area contributed by atoms with E-state index in [-0.39, 0.29) is 25.0 Å². The maximum Gasteiger partial charge on any atom is 0.115 e. The van der Waals surface area contributed by atoms with E-state index in [4.69, 9.17) is 15.3 Å². The lowest BCUT2D eigenvalue weighted by molar-refractivity contribution is 0.0541. The van der Waals surface area contributed by atoms with Crippen molar-refractivity contribution in [2.45, 2.75) is 32.3 Å². The topological polar surface area (TPSA) is 60.7 Å². The minimum Gasteiger partial charge on any atom is -0.396 e. The Morgan fingerprint density at radius 2 is 1.69 bits per heavy atom. The molecule has 0 aliphatic heterocycles. The Kier molecular flexibility index (Phi) is 6.20. The van der Waals surface area contributed by atoms with Crippen LogP contribution in [-0.4, -0.2) is 41.3 Å². The summed E-state index contributed by atoms with van der Waals surface area (Å²) in [6.07, 6.45) is 0.253. The molecule has 0 rings (SSSR count). The highest BCUT2D eigenvalue weighted by molar-refractivity contribution is 4.77. The van der Waals surface area contributed by atoms with Crippen LogP contribution in [0.3, 0.4) is 0 Å². The Labute approximate surface area is 78.2 Å². The normalized spacial score (nSPS) is 14.5. The molecule has 1 atom stereocenters. The third-order valence-electron chi connectivity index (χ3n) is 2.34. The summed E-state index contributed by atoms with van der Waals surface area (Å²) in [6.45, 7) is 1.05. The SMILES string of the molecule is CC(CCO)(CCO)CC(O)CF. The molecule has 0 spiro atoms. The van der Waals surface area contributed by atoms with Gasteiger partial charge in [0.25, 0.3) is 0 Å². The minimum absolute atomic E-state index is 0.00446. The van der Waals surface area contributed by atoms with Gasteiger partial charge in [-0.2, -0.15) is 0 Å². The zero-order valence-electron chi connectivity index (χ0n) is 8.04. The summed E-state index contributed by atoms with van der Waals surface area (Å²) in [5.74, 6) is 0. The minimum atomic E-state index is -0.983. The van der Waals surface area contributed by atoms with Crippen molar-refractivity contribution in [2.24, 2.45) is 5.41 Å². The first-order valence-electron chi connectivity index (χ1n) is 4.54. The van der Waals surface area contributed by atoms with E-state index < -0.39 is 12.8 Å². The summed E-state index contributed by atoms with van der Waals surface area (Å²) < 4.78 is 12.0. The van der Waals surface area contributed by atoms with Crippen LogP contribution in [-0.2, 0) is 0 Å². The van der Waals surface area contributed by atoms with Crippen LogP contribution >= 0.6 is 0 Å². The lowest BCUT2D eigenvalue weighted by Gasteiger charge is -2.29. The molecule has 80 valence electrons. The van der Waals surface area contributed by atoms with Gasteiger partial charge in [-0.15, -0.1) is 0 Å². The highest BCUT2D eigenvalue weighted by atomic mass is 19.1. The van der Waals surface area contributed by atoms with Crippen LogP contribution in [0.4, 0.5) is 4.39 Å². The second kappa shape index (κ2) is 6.29. The Morgan fingerprint density at radius 3 is 2.00 bits per heavy atom. The van der Waals surface area contributed by atoms with Gasteiger partial charge in [-0.3, -0.25) is 0 Å². The van der Waals surface area contributed by atoms with Crippen molar-refractivity contribution < 1.29 is 19.7 Å². The van der Waals surface area contributed by atoms with Gasteiger partial charge in [-0.05, 0) is 24.7 Å². The van der Waals surface area contributed by atoms with Crippen molar-refractivity contribution in [2.75, 3.05) is 19.9 Å². The van der Waals surface area contributed by atoms with E-state index in [0.29, 0.717) is 12.8 Å². The first-order chi connectivity index (χ1) is 6.08. The molecule has 0 amide bonds. The Hall–Kier alpha value is -0.190. The molecule has 0 aromatic rings. The van der Waals surface area contributed by atoms with Crippen molar-refractivity contribution in [1.29, 1.82) is 0 Å². The van der Waals surface area contributed by atoms with Crippen molar-refractivity contribution in [3.63, 3.8) is 0 Å². The van der Waals surface area contributed by atoms with Crippen LogP contribution in [0.15, 0.2) is 0 Å². The highest BCUT2D eigenvalue weighted by Gasteiger charge is 2.26. The summed E-state index contributed by atoms with van der Waals surface area (Å²) in [5, 5.41) is 26.6. The summed E-state index contributed by atoms with van der Waals surface area (Å²) in [6, 6.07) is 0. The van der Waals surface area contributed by atoms with E-state index >= 15 is 0 Å². The second-order valence-electron chi connectivity index (χ2n) is 3.77. The molecule has 0 aromatic carbocycles. The predicted octanol–water partition coefficient (Wildman–Crippen LogP) is 0.478. The molecule has 3 nitrogen and oxygen atoms in total. The molecular weight excluding hydrogens is 175 g/mol. The van der Waals surface area contributed by atoms with Crippen LogP contribution in [0.25, 0.3) is 0 Å². The molecule has 0 aliphatic carbocycles. The van der Waals surface area contributed by atoms with Crippen LogP contribution in [0.1, 0.15) is 26.2 Å². The lowest BCUT2D eigenvalue weighted by Crippen LogP contribution is -2.27. The van der Waals surface area contributed by atoms with E-state index in [2.05, 4.69) is 0 Å². The first kappa shape index (κ1) is 12.8. The van der Waals surface area contributed by atoms with Crippen molar-refractivity contribution in [3.8, 4) is 0 Å². The number of hydrogen-bond acceptors (Lipinski definition) is 3. The van der Waals surface area contributed by atoms with Gasteiger partial charge in [0.1, 0.15) is 6.67 Å². The molecule has 0 fully saturated rings. The van der Waals surface area contributed by atoms with E-state index in [1.807, 2.05) is 6.92 Å². The van der Waals surface area contributed by atoms with Crippen LogP contribution < -0.4 is 0 Å². The zero-order valence-corrected chi connectivity index (χ0v) is 8.04. The van der Waals surface area contributed by atoms with Crippen LogP contribution in [0.2, 0.25) is 0 Å². The van der Waals surface area contributed by atoms with Gasteiger partial charge in [-0.1, -0.05) is 6.92 Å². The number of rotatable bonds is 7. The highest BCUT2D eigenvalue weighted by Crippen LogP contribution is 2.31. The molecule has 0 saturated carbocycles. The molecule has 0 bridgehead atoms. The van der Waals surface area contributed by atoms with Gasteiger partial charge < -0.3 is 15.3 Å². The predicted molar refractivity (Wildman–Crippen MR) is 48.1 cm³/mol. The zero-order chi connectivity index (χ0) is 10.3. The third kappa shape index (κ3) is 5.18. The van der Waals surface area contributed by atoms with E-state index in [9.17, 15) is 4.39 Å². The summed E-state index contributed by atoms with van der Waals surface area (Å²) in [4.78, 5) is 0. The van der Waals surface area contributed by atoms with Crippen LogP contribution in [0.5, 0.6) is 0 Å². The van der Waals surface area contributed by atoms with E-state index in [1.54, 1.807) is 0 Å². The van der Waals surface area contributed by atoms with Gasteiger partial charge in [0.05, 0.1) is 6.10 Å². The van der Waals surface area contributed by atoms with Gasteiger partial charge >= 0.3 is 0 Å². The molecule has 0 saturated heterocycles. The molecule has 3 N–H and O–H groups in total. The number of alkyl halides is 1. The first-order valence-corrected chi connectivity index (χ1v) is 4.54. The quantitative estimate of drug-likeness (QED) is 0.552. The fourth-order valence-corrected chi connectivity index (χ4v) is 1.49. The second-order valence-corrected chi connectivity index (χ2v) is 3.77. The molecule has 0 aliphatic rings. The fourth-order valence-electron chi connectivity index (χ4n) is 1.49. The average molecular weight is 194 g/mol. The van der Waals surface area contributed by atoms with Crippen molar-refractivity contribution in [1.82, 2.24) is 0 Å². The van der Waals surface area contributed by atoms with Crippen LogP contribution in [0, 0.1) is 5.41 Å². The summed E-state index contributed by atoms with van der Waals surface area (Å²) in [5.41, 5.74) is -0.366. The number of aliphatic hydroxyl groups is 3. The van der Waals surface area contributed by atoms with Gasteiger partial charge in [0.2, 0.25) is 0 Å². The van der Waals surface area contributed by atoms with Crippen molar-refractivity contribution >= 4 is 0 Å².